The molecule has 0 bridgehead atoms. The molecule has 0 aliphatic carbocycles. The van der Waals surface area contributed by atoms with Gasteiger partial charge in [-0.25, -0.2) is 0 Å². The van der Waals surface area contributed by atoms with Gasteiger partial charge in [0.25, 0.3) is 10.1 Å². The lowest BCUT2D eigenvalue weighted by Gasteiger charge is -2.40. The Hall–Kier alpha value is -2.91. The van der Waals surface area contributed by atoms with Gasteiger partial charge in [-0.1, -0.05) is 177 Å². The van der Waals surface area contributed by atoms with E-state index in [0.29, 0.717) is 12.8 Å². The van der Waals surface area contributed by atoms with E-state index in [-0.39, 0.29) is 19.4 Å². The van der Waals surface area contributed by atoms with Crippen molar-refractivity contribution in [2.24, 2.45) is 0 Å². The molecule has 1 fully saturated rings. The summed E-state index contributed by atoms with van der Waals surface area (Å²) >= 11 is 0. The Labute approximate surface area is 387 Å². The minimum absolute atomic E-state index is 0.113. The number of hydrogen-bond donors (Lipinski definition) is 4. The van der Waals surface area contributed by atoms with Crippen LogP contribution in [0.5, 0.6) is 0 Å². The molecule has 1 aliphatic rings. The van der Waals surface area contributed by atoms with Gasteiger partial charge in [-0.15, -0.1) is 0 Å². The van der Waals surface area contributed by atoms with Crippen LogP contribution < -0.4 is 0 Å². The van der Waals surface area contributed by atoms with Crippen LogP contribution in [0, 0.1) is 0 Å². The fourth-order valence-corrected chi connectivity index (χ4v) is 7.76. The predicted octanol–water partition coefficient (Wildman–Crippen LogP) is 10.7. The van der Waals surface area contributed by atoms with Crippen molar-refractivity contribution in [3.05, 3.63) is 72.9 Å². The van der Waals surface area contributed by atoms with Crippen LogP contribution in [0.1, 0.15) is 181 Å². The van der Waals surface area contributed by atoms with E-state index in [9.17, 15) is 37.9 Å². The third kappa shape index (κ3) is 34.4. The van der Waals surface area contributed by atoms with E-state index in [1.807, 2.05) is 36.5 Å². The molecule has 1 saturated heterocycles. The number of hydrogen-bond acceptors (Lipinski definition) is 11. The van der Waals surface area contributed by atoms with E-state index in [0.717, 1.165) is 64.2 Å². The Morgan fingerprint density at radius 2 is 1.05 bits per heavy atom. The highest BCUT2D eigenvalue weighted by Crippen LogP contribution is 2.24. The first-order valence-electron chi connectivity index (χ1n) is 24.5. The fourth-order valence-electron chi connectivity index (χ4n) is 7.07. The molecule has 0 spiro atoms. The first-order valence-corrected chi connectivity index (χ1v) is 26.2. The summed E-state index contributed by atoms with van der Waals surface area (Å²) in [7, 11) is -4.61. The van der Waals surface area contributed by atoms with Crippen LogP contribution in [-0.2, 0) is 38.7 Å². The smallest absolute Gasteiger partial charge is 0.306 e. The SMILES string of the molecule is CC/C=C/C=C/C=C/C=C/CCCCCC(=O)OC(COC(=O)CCCCCCCCC/C=C/C/C=C/CCCCCCCCCCC)CO[C@H]1O[C@H](CS(=O)(=O)O)[C@@H](O)C(O)C1O. The van der Waals surface area contributed by atoms with Crippen molar-refractivity contribution in [2.75, 3.05) is 19.0 Å². The third-order valence-electron chi connectivity index (χ3n) is 10.9. The number of carbonyl (C=O) groups is 2. The summed E-state index contributed by atoms with van der Waals surface area (Å²) in [6, 6.07) is 0. The van der Waals surface area contributed by atoms with Gasteiger partial charge in [-0.2, -0.15) is 8.42 Å². The van der Waals surface area contributed by atoms with Gasteiger partial charge in [0.05, 0.1) is 6.61 Å². The van der Waals surface area contributed by atoms with Gasteiger partial charge in [0, 0.05) is 12.8 Å². The van der Waals surface area contributed by atoms with Crippen LogP contribution in [0.15, 0.2) is 72.9 Å². The van der Waals surface area contributed by atoms with E-state index in [1.165, 1.54) is 77.0 Å². The fraction of sp³-hybridized carbons (Fsp3) is 0.725. The summed E-state index contributed by atoms with van der Waals surface area (Å²) in [5.74, 6) is -2.05. The summed E-state index contributed by atoms with van der Waals surface area (Å²) in [6.07, 6.45) is 42.4. The molecule has 1 aliphatic heterocycles. The van der Waals surface area contributed by atoms with E-state index in [2.05, 4.69) is 50.3 Å². The molecule has 13 heteroatoms. The van der Waals surface area contributed by atoms with Crippen molar-refractivity contribution in [1.29, 1.82) is 0 Å². The molecule has 3 unspecified atom stereocenters. The van der Waals surface area contributed by atoms with Gasteiger partial charge in [-0.05, 0) is 64.2 Å². The monoisotopic (exact) mass is 923 g/mol. The molecule has 368 valence electrons. The Bertz CT molecular complexity index is 1450. The largest absolute Gasteiger partial charge is 0.462 e. The van der Waals surface area contributed by atoms with Gasteiger partial charge in [-0.3, -0.25) is 14.1 Å². The molecule has 1 heterocycles. The van der Waals surface area contributed by atoms with Crippen molar-refractivity contribution >= 4 is 22.1 Å². The minimum atomic E-state index is -4.61. The van der Waals surface area contributed by atoms with Gasteiger partial charge < -0.3 is 34.3 Å². The quantitative estimate of drug-likeness (QED) is 0.0150. The molecule has 0 amide bonds. The molecular weight excluding hydrogens is 837 g/mol. The van der Waals surface area contributed by atoms with Crippen molar-refractivity contribution in [3.8, 4) is 0 Å². The first kappa shape index (κ1) is 59.1. The number of ether oxygens (including phenoxy) is 4. The number of aliphatic hydroxyl groups is 3. The van der Waals surface area contributed by atoms with Crippen molar-refractivity contribution in [3.63, 3.8) is 0 Å². The number of unbranched alkanes of at least 4 members (excludes halogenated alkanes) is 19. The topological polar surface area (TPSA) is 186 Å². The molecule has 4 N–H and O–H groups in total. The predicted molar refractivity (Wildman–Crippen MR) is 256 cm³/mol. The van der Waals surface area contributed by atoms with Crippen LogP contribution in [0.4, 0.5) is 0 Å². The van der Waals surface area contributed by atoms with Crippen LogP contribution >= 0.6 is 0 Å². The molecule has 0 aromatic rings. The lowest BCUT2D eigenvalue weighted by Crippen LogP contribution is -2.60. The molecule has 6 atom stereocenters. The van der Waals surface area contributed by atoms with Crippen molar-refractivity contribution in [2.45, 2.75) is 218 Å². The Morgan fingerprint density at radius 3 is 1.61 bits per heavy atom. The normalized spacial score (nSPS) is 20.2. The summed E-state index contributed by atoms with van der Waals surface area (Å²) in [6.45, 7) is 3.58. The second kappa shape index (κ2) is 40.4. The number of rotatable bonds is 40. The molecule has 1 rings (SSSR count). The highest BCUT2D eigenvalue weighted by atomic mass is 32.2. The van der Waals surface area contributed by atoms with Crippen LogP contribution in [0.2, 0.25) is 0 Å². The second-order valence-electron chi connectivity index (χ2n) is 16.8. The van der Waals surface area contributed by atoms with Crippen molar-refractivity contribution < 1.29 is 56.8 Å². The van der Waals surface area contributed by atoms with Gasteiger partial charge >= 0.3 is 11.9 Å². The van der Waals surface area contributed by atoms with Crippen LogP contribution in [0.3, 0.4) is 0 Å². The molecule has 0 aromatic heterocycles. The lowest BCUT2D eigenvalue weighted by molar-refractivity contribution is -0.297. The average molecular weight is 923 g/mol. The Balaban J connectivity index is 2.38. The molecule has 0 saturated carbocycles. The number of carbonyl (C=O) groups excluding carboxylic acids is 2. The van der Waals surface area contributed by atoms with E-state index < -0.39 is 71.2 Å². The maximum Gasteiger partial charge on any atom is 0.306 e. The van der Waals surface area contributed by atoms with Gasteiger partial charge in [0.15, 0.2) is 12.4 Å². The number of aliphatic hydroxyl groups excluding tert-OH is 3. The molecule has 0 aromatic carbocycles. The van der Waals surface area contributed by atoms with E-state index in [1.54, 1.807) is 0 Å². The molecule has 12 nitrogen and oxygen atoms in total. The summed E-state index contributed by atoms with van der Waals surface area (Å²) in [5.41, 5.74) is 0. The lowest BCUT2D eigenvalue weighted by atomic mass is 10.00. The standard InChI is InChI=1S/C51H86O12S/c1-3-5-7-9-11-13-15-17-18-19-20-21-22-23-24-25-26-28-29-31-33-35-37-39-46(52)60-41-44(42-61-51-50(56)49(55)48(54)45(63-51)43-64(57,58)59)62-47(53)40-38-36-34-32-30-27-16-14-12-10-8-6-4-2/h6,8,10,12,14,16,20-21,23-24,27,30,44-45,48-51,54-56H,3-5,7,9,11,13,15,17-19,22,25-26,28-29,31-43H2,1-2H3,(H,57,58,59)/b8-6+,12-10+,16-14+,21-20+,24-23+,30-27+/t44?,45-,48-,49?,50?,51+/m1/s1. The van der Waals surface area contributed by atoms with Crippen LogP contribution in [-0.4, -0.2) is 96.0 Å². The average Bonchev–Trinajstić information content (AvgIpc) is 3.26. The summed E-state index contributed by atoms with van der Waals surface area (Å²) < 4.78 is 54.1. The number of esters is 2. The van der Waals surface area contributed by atoms with Crippen molar-refractivity contribution in [1.82, 2.24) is 0 Å². The second-order valence-corrected chi connectivity index (χ2v) is 18.3. The first-order chi connectivity index (χ1) is 31.0. The Kier molecular flexibility index (Phi) is 37.3. The highest BCUT2D eigenvalue weighted by molar-refractivity contribution is 7.85. The zero-order valence-electron chi connectivity index (χ0n) is 39.4. The Morgan fingerprint density at radius 1 is 0.562 bits per heavy atom. The maximum atomic E-state index is 12.8. The summed E-state index contributed by atoms with van der Waals surface area (Å²) in [4.78, 5) is 25.4. The molecule has 0 radical (unpaired) electrons. The van der Waals surface area contributed by atoms with E-state index in [4.69, 9.17) is 18.9 Å². The zero-order chi connectivity index (χ0) is 46.9. The minimum Gasteiger partial charge on any atom is -0.462 e. The van der Waals surface area contributed by atoms with E-state index >= 15 is 0 Å². The van der Waals surface area contributed by atoms with Crippen LogP contribution in [0.25, 0.3) is 0 Å². The molecule has 64 heavy (non-hydrogen) atoms. The number of allylic oxidation sites excluding steroid dienone is 12. The summed E-state index contributed by atoms with van der Waals surface area (Å²) in [5, 5.41) is 30.9. The molecular formula is C51H86O12S. The van der Waals surface area contributed by atoms with Gasteiger partial charge in [0.1, 0.15) is 36.8 Å². The maximum absolute atomic E-state index is 12.8. The highest BCUT2D eigenvalue weighted by Gasteiger charge is 2.46. The van der Waals surface area contributed by atoms with Gasteiger partial charge in [0.2, 0.25) is 0 Å². The zero-order valence-corrected chi connectivity index (χ0v) is 40.2. The third-order valence-corrected chi connectivity index (χ3v) is 11.6.